The van der Waals surface area contributed by atoms with E-state index in [9.17, 15) is 14.0 Å². The van der Waals surface area contributed by atoms with Crippen molar-refractivity contribution in [3.63, 3.8) is 0 Å². The van der Waals surface area contributed by atoms with Crippen LogP contribution >= 0.6 is 0 Å². The third kappa shape index (κ3) is 4.63. The fraction of sp³-hybridized carbons (Fsp3) is 0.148. The number of pyridine rings is 1. The van der Waals surface area contributed by atoms with Gasteiger partial charge in [0.05, 0.1) is 12.6 Å². The monoisotopic (exact) mass is 470 g/mol. The number of carbonyl (C=O) groups excluding carboxylic acids is 2. The molecule has 1 radical (unpaired) electrons. The summed E-state index contributed by atoms with van der Waals surface area (Å²) in [5.41, 5.74) is 0.574. The number of amides is 2. The van der Waals surface area contributed by atoms with Crippen LogP contribution in [0.2, 0.25) is 0 Å². The number of benzene rings is 3. The van der Waals surface area contributed by atoms with Crippen molar-refractivity contribution in [2.24, 2.45) is 5.41 Å². The first kappa shape index (κ1) is 22.3. The summed E-state index contributed by atoms with van der Waals surface area (Å²) in [6, 6.07) is 20.6. The molecule has 0 atom stereocenters. The Hall–Kier alpha value is -4.46. The second kappa shape index (κ2) is 9.06. The first-order valence-corrected chi connectivity index (χ1v) is 11.0. The summed E-state index contributed by atoms with van der Waals surface area (Å²) in [4.78, 5) is 29.9. The van der Waals surface area contributed by atoms with Crippen LogP contribution in [0, 0.1) is 17.3 Å². The number of anilines is 2. The zero-order valence-electron chi connectivity index (χ0n) is 18.8. The Morgan fingerprint density at radius 2 is 1.60 bits per heavy atom. The van der Waals surface area contributed by atoms with Gasteiger partial charge in [-0.1, -0.05) is 0 Å². The number of rotatable bonds is 7. The van der Waals surface area contributed by atoms with Gasteiger partial charge in [0.2, 0.25) is 11.8 Å². The number of carbonyl (C=O) groups is 2. The third-order valence-electron chi connectivity index (χ3n) is 5.89. The molecule has 1 aliphatic rings. The van der Waals surface area contributed by atoms with Crippen molar-refractivity contribution in [1.29, 1.82) is 0 Å². The number of nitrogens with zero attached hydrogens (tertiary/aromatic N) is 1. The third-order valence-corrected chi connectivity index (χ3v) is 5.89. The molecule has 0 unspecified atom stereocenters. The highest BCUT2D eigenvalue weighted by molar-refractivity contribution is 6.16. The van der Waals surface area contributed by atoms with Crippen LogP contribution in [0.1, 0.15) is 12.8 Å². The van der Waals surface area contributed by atoms with Gasteiger partial charge in [0.25, 0.3) is 0 Å². The summed E-state index contributed by atoms with van der Waals surface area (Å²) in [5.74, 6) is 0.587. The predicted octanol–water partition coefficient (Wildman–Crippen LogP) is 5.33. The van der Waals surface area contributed by atoms with Crippen LogP contribution < -0.4 is 20.1 Å². The molecule has 1 aliphatic carbocycles. The number of fused-ring (bicyclic) bond motifs is 1. The summed E-state index contributed by atoms with van der Waals surface area (Å²) in [5, 5.41) is 6.29. The second-order valence-electron chi connectivity index (χ2n) is 8.23. The standard InChI is InChI=1S/C27H21FN3O4/c1-34-21-10-11-22-23(16-21)29-15-12-24(22)35-20-8-6-19(7-9-20)31-26(33)27(13-14-27)25(32)30-18-4-2-17(28)3-5-18/h2-9,11-12,15-16H,13-14H2,1H3,(H,30,32)(H,31,33). The maximum absolute atomic E-state index is 13.1. The molecule has 0 spiro atoms. The van der Waals surface area contributed by atoms with Gasteiger partial charge in [0.15, 0.2) is 0 Å². The van der Waals surface area contributed by atoms with Crippen molar-refractivity contribution >= 4 is 34.1 Å². The first-order valence-electron chi connectivity index (χ1n) is 11.0. The molecule has 3 aromatic carbocycles. The van der Waals surface area contributed by atoms with Gasteiger partial charge in [-0.3, -0.25) is 14.6 Å². The largest absolute Gasteiger partial charge is 0.496 e. The lowest BCUT2D eigenvalue weighted by atomic mass is 10.0. The van der Waals surface area contributed by atoms with E-state index >= 15 is 0 Å². The van der Waals surface area contributed by atoms with E-state index in [4.69, 9.17) is 9.47 Å². The van der Waals surface area contributed by atoms with Crippen LogP contribution in [-0.4, -0.2) is 23.9 Å². The SMILES string of the molecule is COc1[c]cc2c(Oc3ccc(NC(=O)C4(C(=O)Nc5ccc(F)cc5)CC4)cc3)ccnc2c1. The Morgan fingerprint density at radius 3 is 2.20 bits per heavy atom. The second-order valence-corrected chi connectivity index (χ2v) is 8.23. The topological polar surface area (TPSA) is 89.5 Å². The van der Waals surface area contributed by atoms with Gasteiger partial charge in [-0.05, 0) is 73.5 Å². The van der Waals surface area contributed by atoms with Crippen molar-refractivity contribution < 1.29 is 23.5 Å². The van der Waals surface area contributed by atoms with Gasteiger partial charge in [0, 0.05) is 35.1 Å². The van der Waals surface area contributed by atoms with Gasteiger partial charge in [0.1, 0.15) is 28.5 Å². The van der Waals surface area contributed by atoms with Gasteiger partial charge < -0.3 is 20.1 Å². The van der Waals surface area contributed by atoms with Crippen molar-refractivity contribution in [2.45, 2.75) is 12.8 Å². The highest BCUT2D eigenvalue weighted by atomic mass is 19.1. The number of hydrogen-bond acceptors (Lipinski definition) is 5. The van der Waals surface area contributed by atoms with Crippen LogP contribution in [0.15, 0.2) is 72.9 Å². The molecular formula is C27H21FN3O4. The highest BCUT2D eigenvalue weighted by Gasteiger charge is 2.56. The minimum Gasteiger partial charge on any atom is -0.496 e. The Labute approximate surface area is 200 Å². The van der Waals surface area contributed by atoms with E-state index in [0.29, 0.717) is 41.5 Å². The summed E-state index contributed by atoms with van der Waals surface area (Å²) < 4.78 is 24.3. The lowest BCUT2D eigenvalue weighted by Crippen LogP contribution is -2.35. The Morgan fingerprint density at radius 1 is 0.971 bits per heavy atom. The number of halogens is 1. The Bertz CT molecular complexity index is 1400. The number of aromatic nitrogens is 1. The highest BCUT2D eigenvalue weighted by Crippen LogP contribution is 2.47. The first-order chi connectivity index (χ1) is 17.0. The molecule has 0 saturated heterocycles. The molecule has 8 heteroatoms. The molecule has 2 amide bonds. The molecule has 175 valence electrons. The fourth-order valence-corrected chi connectivity index (χ4v) is 3.70. The summed E-state index contributed by atoms with van der Waals surface area (Å²) in [7, 11) is 1.57. The average Bonchev–Trinajstić information content (AvgIpc) is 3.69. The van der Waals surface area contributed by atoms with Crippen molar-refractivity contribution in [2.75, 3.05) is 17.7 Å². The summed E-state index contributed by atoms with van der Waals surface area (Å²) in [6.07, 6.45) is 2.55. The number of nitrogens with one attached hydrogen (secondary N) is 2. The summed E-state index contributed by atoms with van der Waals surface area (Å²) >= 11 is 0. The van der Waals surface area contributed by atoms with E-state index in [1.165, 1.54) is 24.3 Å². The van der Waals surface area contributed by atoms with E-state index in [0.717, 1.165) is 10.9 Å². The van der Waals surface area contributed by atoms with Crippen LogP contribution in [0.5, 0.6) is 17.2 Å². The van der Waals surface area contributed by atoms with Crippen LogP contribution in [0.3, 0.4) is 0 Å². The summed E-state index contributed by atoms with van der Waals surface area (Å²) in [6.45, 7) is 0. The molecule has 0 bridgehead atoms. The normalized spacial score (nSPS) is 13.7. The van der Waals surface area contributed by atoms with Crippen LogP contribution in [0.25, 0.3) is 10.9 Å². The van der Waals surface area contributed by atoms with E-state index < -0.39 is 17.1 Å². The van der Waals surface area contributed by atoms with E-state index in [-0.39, 0.29) is 5.91 Å². The van der Waals surface area contributed by atoms with Crippen molar-refractivity contribution in [3.05, 3.63) is 84.8 Å². The van der Waals surface area contributed by atoms with Gasteiger partial charge in [-0.15, -0.1) is 0 Å². The molecule has 1 heterocycles. The number of ether oxygens (including phenoxy) is 2. The molecule has 7 nitrogen and oxygen atoms in total. The number of methoxy groups -OCH3 is 1. The molecule has 2 N–H and O–H groups in total. The van der Waals surface area contributed by atoms with Crippen LogP contribution in [0.4, 0.5) is 15.8 Å². The maximum atomic E-state index is 13.1. The van der Waals surface area contributed by atoms with Gasteiger partial charge in [-0.2, -0.15) is 0 Å². The molecule has 4 aromatic rings. The quantitative estimate of drug-likeness (QED) is 0.356. The van der Waals surface area contributed by atoms with Crippen molar-refractivity contribution in [1.82, 2.24) is 4.98 Å². The predicted molar refractivity (Wildman–Crippen MR) is 129 cm³/mol. The van der Waals surface area contributed by atoms with E-state index in [1.54, 1.807) is 55.8 Å². The van der Waals surface area contributed by atoms with Gasteiger partial charge in [-0.25, -0.2) is 4.39 Å². The lowest BCUT2D eigenvalue weighted by Gasteiger charge is -2.16. The van der Waals surface area contributed by atoms with Crippen LogP contribution in [-0.2, 0) is 9.59 Å². The Kier molecular flexibility index (Phi) is 5.78. The van der Waals surface area contributed by atoms with E-state index in [2.05, 4.69) is 21.7 Å². The maximum Gasteiger partial charge on any atom is 0.240 e. The molecular weight excluding hydrogens is 449 g/mol. The molecule has 1 saturated carbocycles. The average molecular weight is 470 g/mol. The molecule has 1 aromatic heterocycles. The fourth-order valence-electron chi connectivity index (χ4n) is 3.70. The molecule has 5 rings (SSSR count). The van der Waals surface area contributed by atoms with Crippen molar-refractivity contribution in [3.8, 4) is 17.2 Å². The lowest BCUT2D eigenvalue weighted by molar-refractivity contribution is -0.131. The molecule has 0 aliphatic heterocycles. The zero-order valence-corrected chi connectivity index (χ0v) is 18.8. The minimum absolute atomic E-state index is 0.379. The zero-order chi connectivity index (χ0) is 24.4. The minimum atomic E-state index is -1.13. The molecule has 1 fully saturated rings. The smallest absolute Gasteiger partial charge is 0.240 e. The Balaban J connectivity index is 1.25. The molecule has 35 heavy (non-hydrogen) atoms. The number of hydrogen-bond donors (Lipinski definition) is 2. The van der Waals surface area contributed by atoms with Gasteiger partial charge >= 0.3 is 0 Å². The van der Waals surface area contributed by atoms with E-state index in [1.807, 2.05) is 0 Å².